The fourth-order valence-corrected chi connectivity index (χ4v) is 3.82. The van der Waals surface area contributed by atoms with Crippen molar-refractivity contribution in [2.24, 2.45) is 0 Å². The van der Waals surface area contributed by atoms with E-state index in [1.807, 2.05) is 24.3 Å². The third-order valence-electron chi connectivity index (χ3n) is 4.65. The Morgan fingerprint density at radius 2 is 1.38 bits per heavy atom. The van der Waals surface area contributed by atoms with Gasteiger partial charge in [-0.2, -0.15) is 15.0 Å². The van der Waals surface area contributed by atoms with Gasteiger partial charge in [0.1, 0.15) is 17.9 Å². The number of carbonyl (C=O) groups excluding carboxylic acids is 1. The fourth-order valence-electron chi connectivity index (χ4n) is 3.07. The first-order valence-corrected chi connectivity index (χ1v) is 11.1. The lowest BCUT2D eigenvalue weighted by Gasteiger charge is -2.05. The van der Waals surface area contributed by atoms with Gasteiger partial charge in [0.15, 0.2) is 0 Å². The van der Waals surface area contributed by atoms with Crippen LogP contribution >= 0.6 is 46.4 Å². The zero-order valence-electron chi connectivity index (χ0n) is 16.5. The van der Waals surface area contributed by atoms with E-state index in [0.29, 0.717) is 43.6 Å². The van der Waals surface area contributed by atoms with Crippen LogP contribution in [0.5, 0.6) is 0 Å². The Labute approximate surface area is 204 Å². The predicted octanol–water partition coefficient (Wildman–Crippen LogP) is 6.54. The van der Waals surface area contributed by atoms with Crippen LogP contribution in [0, 0.1) is 0 Å². The number of benzene rings is 3. The maximum atomic E-state index is 12.5. The van der Waals surface area contributed by atoms with Gasteiger partial charge in [-0.3, -0.25) is 4.79 Å². The number of rotatable bonds is 6. The molecule has 0 aliphatic heterocycles. The molecule has 9 heteroatoms. The molecule has 3 aromatic carbocycles. The normalized spacial score (nSPS) is 10.9. The van der Waals surface area contributed by atoms with Crippen LogP contribution in [-0.2, 0) is 17.9 Å². The number of hydrogen-bond acceptors (Lipinski definition) is 3. The Hall–Kier alpha value is -2.57. The zero-order chi connectivity index (χ0) is 22.7. The largest absolute Gasteiger partial charge is 0.350 e. The highest BCUT2D eigenvalue weighted by atomic mass is 35.5. The molecule has 0 saturated carbocycles. The van der Waals surface area contributed by atoms with Crippen molar-refractivity contribution < 1.29 is 4.79 Å². The van der Waals surface area contributed by atoms with Crippen molar-refractivity contribution in [3.63, 3.8) is 0 Å². The lowest BCUT2D eigenvalue weighted by atomic mass is 10.1. The standard InChI is InChI=1S/C23H16Cl4N4O/c24-16-5-1-14(2-6-16)12-28-21(32)13-31-29-22(15-3-7-17(25)8-4-15)23(30-31)19-10-9-18(26)11-20(19)27/h1-11H,12-13H2,(H,28,32). The minimum Gasteiger partial charge on any atom is -0.350 e. The van der Waals surface area contributed by atoms with Gasteiger partial charge in [-0.05, 0) is 48.0 Å². The van der Waals surface area contributed by atoms with E-state index in [1.165, 1.54) is 4.80 Å². The van der Waals surface area contributed by atoms with Crippen molar-refractivity contribution >= 4 is 52.3 Å². The van der Waals surface area contributed by atoms with Gasteiger partial charge in [-0.25, -0.2) is 0 Å². The topological polar surface area (TPSA) is 59.8 Å². The summed E-state index contributed by atoms with van der Waals surface area (Å²) in [4.78, 5) is 13.9. The molecule has 32 heavy (non-hydrogen) atoms. The van der Waals surface area contributed by atoms with E-state index >= 15 is 0 Å². The lowest BCUT2D eigenvalue weighted by Crippen LogP contribution is -2.28. The molecule has 1 heterocycles. The van der Waals surface area contributed by atoms with Crippen LogP contribution in [0.15, 0.2) is 66.7 Å². The minimum absolute atomic E-state index is 0.0562. The second-order valence-electron chi connectivity index (χ2n) is 6.96. The predicted molar refractivity (Wildman–Crippen MR) is 129 cm³/mol. The molecule has 0 aliphatic carbocycles. The van der Waals surface area contributed by atoms with Crippen molar-refractivity contribution in [2.45, 2.75) is 13.1 Å². The van der Waals surface area contributed by atoms with Crippen LogP contribution in [0.3, 0.4) is 0 Å². The molecule has 1 N–H and O–H groups in total. The average molecular weight is 506 g/mol. The number of hydrogen-bond donors (Lipinski definition) is 1. The lowest BCUT2D eigenvalue weighted by molar-refractivity contribution is -0.122. The molecule has 162 valence electrons. The summed E-state index contributed by atoms with van der Waals surface area (Å²) in [6, 6.07) is 19.6. The van der Waals surface area contributed by atoms with Crippen LogP contribution in [0.4, 0.5) is 0 Å². The van der Waals surface area contributed by atoms with Crippen LogP contribution < -0.4 is 5.32 Å². The summed E-state index contributed by atoms with van der Waals surface area (Å²) in [7, 11) is 0. The highest BCUT2D eigenvalue weighted by Gasteiger charge is 2.19. The second-order valence-corrected chi connectivity index (χ2v) is 8.68. The monoisotopic (exact) mass is 504 g/mol. The first-order chi connectivity index (χ1) is 15.4. The Kier molecular flexibility index (Phi) is 7.01. The van der Waals surface area contributed by atoms with Crippen molar-refractivity contribution in [1.82, 2.24) is 20.3 Å². The van der Waals surface area contributed by atoms with Crippen molar-refractivity contribution in [1.29, 1.82) is 0 Å². The number of amides is 1. The van der Waals surface area contributed by atoms with Gasteiger partial charge in [0.25, 0.3) is 0 Å². The Balaban J connectivity index is 1.60. The van der Waals surface area contributed by atoms with Crippen molar-refractivity contribution in [2.75, 3.05) is 0 Å². The maximum absolute atomic E-state index is 12.5. The highest BCUT2D eigenvalue weighted by Crippen LogP contribution is 2.35. The molecular formula is C23H16Cl4N4O. The molecule has 5 nitrogen and oxygen atoms in total. The molecule has 0 unspecified atom stereocenters. The maximum Gasteiger partial charge on any atom is 0.243 e. The molecule has 0 bridgehead atoms. The van der Waals surface area contributed by atoms with Gasteiger partial charge in [-0.1, -0.05) is 70.7 Å². The molecule has 0 aliphatic rings. The first-order valence-electron chi connectivity index (χ1n) is 9.56. The second kappa shape index (κ2) is 9.92. The van der Waals surface area contributed by atoms with E-state index in [0.717, 1.165) is 11.1 Å². The summed E-state index contributed by atoms with van der Waals surface area (Å²) in [5, 5.41) is 14.1. The van der Waals surface area contributed by atoms with E-state index in [9.17, 15) is 4.79 Å². The van der Waals surface area contributed by atoms with Crippen LogP contribution in [0.2, 0.25) is 20.1 Å². The van der Waals surface area contributed by atoms with Gasteiger partial charge in [0.2, 0.25) is 5.91 Å². The summed E-state index contributed by atoms with van der Waals surface area (Å²) in [6.45, 7) is 0.316. The number of carbonyl (C=O) groups is 1. The molecule has 4 aromatic rings. The SMILES string of the molecule is O=C(Cn1nc(-c2ccc(Cl)cc2)c(-c2ccc(Cl)cc2Cl)n1)NCc1ccc(Cl)cc1. The highest BCUT2D eigenvalue weighted by molar-refractivity contribution is 6.36. The number of aromatic nitrogens is 3. The summed E-state index contributed by atoms with van der Waals surface area (Å²) in [5.74, 6) is -0.230. The van der Waals surface area contributed by atoms with Crippen LogP contribution in [-0.4, -0.2) is 20.9 Å². The molecule has 0 spiro atoms. The van der Waals surface area contributed by atoms with Gasteiger partial charge in [-0.15, -0.1) is 0 Å². The molecule has 0 radical (unpaired) electrons. The summed E-state index contributed by atoms with van der Waals surface area (Å²) >= 11 is 24.4. The molecule has 4 rings (SSSR count). The fraction of sp³-hybridized carbons (Fsp3) is 0.0870. The average Bonchev–Trinajstić information content (AvgIpc) is 3.17. The Bertz CT molecular complexity index is 1250. The Morgan fingerprint density at radius 1 is 0.781 bits per heavy atom. The quantitative estimate of drug-likeness (QED) is 0.323. The van der Waals surface area contributed by atoms with Gasteiger partial charge in [0.05, 0.1) is 5.02 Å². The Morgan fingerprint density at radius 3 is 2.03 bits per heavy atom. The molecule has 0 fully saturated rings. The van der Waals surface area contributed by atoms with E-state index in [2.05, 4.69) is 15.5 Å². The third-order valence-corrected chi connectivity index (χ3v) is 5.70. The van der Waals surface area contributed by atoms with E-state index in [-0.39, 0.29) is 12.5 Å². The van der Waals surface area contributed by atoms with E-state index in [1.54, 1.807) is 42.5 Å². The summed E-state index contributed by atoms with van der Waals surface area (Å²) in [6.07, 6.45) is 0. The van der Waals surface area contributed by atoms with Crippen LogP contribution in [0.1, 0.15) is 5.56 Å². The van der Waals surface area contributed by atoms with Gasteiger partial charge >= 0.3 is 0 Å². The minimum atomic E-state index is -0.230. The summed E-state index contributed by atoms with van der Waals surface area (Å²) in [5.41, 5.74) is 3.51. The summed E-state index contributed by atoms with van der Waals surface area (Å²) < 4.78 is 0. The van der Waals surface area contributed by atoms with Crippen molar-refractivity contribution in [3.8, 4) is 22.5 Å². The van der Waals surface area contributed by atoms with E-state index in [4.69, 9.17) is 46.4 Å². The van der Waals surface area contributed by atoms with E-state index < -0.39 is 0 Å². The molecule has 0 saturated heterocycles. The van der Waals surface area contributed by atoms with Crippen molar-refractivity contribution in [3.05, 3.63) is 92.4 Å². The van der Waals surface area contributed by atoms with Gasteiger partial charge < -0.3 is 5.32 Å². The van der Waals surface area contributed by atoms with Crippen LogP contribution in [0.25, 0.3) is 22.5 Å². The molecule has 0 atom stereocenters. The smallest absolute Gasteiger partial charge is 0.243 e. The number of nitrogens with one attached hydrogen (secondary N) is 1. The molecular weight excluding hydrogens is 490 g/mol. The molecule has 1 amide bonds. The van der Waals surface area contributed by atoms with Gasteiger partial charge in [0, 0.05) is 32.7 Å². The first kappa shape index (κ1) is 22.6. The zero-order valence-corrected chi connectivity index (χ0v) is 19.6. The third kappa shape index (κ3) is 5.43. The number of nitrogens with zero attached hydrogens (tertiary/aromatic N) is 3. The number of halogens is 4. The molecule has 1 aromatic heterocycles.